The summed E-state index contributed by atoms with van der Waals surface area (Å²) in [6.45, 7) is 18.3. The Hall–Kier alpha value is -0.960. The Morgan fingerprint density at radius 3 is 2.33 bits per heavy atom. The number of carbonyl (C=O) groups excluding carboxylic acids is 2. The third-order valence-corrected chi connectivity index (χ3v) is 13.1. The molecule has 0 bridgehead atoms. The fraction of sp³-hybridized carbons (Fsp3) is 0.867. The molecular weight excluding hydrogens is 408 g/mol. The second-order valence-electron chi connectivity index (χ2n) is 14.5. The van der Waals surface area contributed by atoms with Crippen LogP contribution in [0.3, 0.4) is 0 Å². The smallest absolute Gasteiger partial charge is 0.145 e. The van der Waals surface area contributed by atoms with Crippen molar-refractivity contribution >= 4 is 12.1 Å². The van der Waals surface area contributed by atoms with Gasteiger partial charge in [-0.1, -0.05) is 48.1 Å². The van der Waals surface area contributed by atoms with Gasteiger partial charge in [0.25, 0.3) is 0 Å². The van der Waals surface area contributed by atoms with Crippen molar-refractivity contribution in [1.29, 1.82) is 0 Å². The molecule has 5 saturated carbocycles. The maximum Gasteiger partial charge on any atom is 0.145 e. The summed E-state index contributed by atoms with van der Waals surface area (Å²) in [7, 11) is 0. The number of aliphatic hydroxyl groups excluding tert-OH is 1. The number of hydrogen-bond donors (Lipinski definition) is 1. The fourth-order valence-electron chi connectivity index (χ4n) is 11.4. The Morgan fingerprint density at radius 1 is 0.970 bits per heavy atom. The van der Waals surface area contributed by atoms with Crippen molar-refractivity contribution in [2.45, 2.75) is 105 Å². The van der Waals surface area contributed by atoms with E-state index >= 15 is 0 Å². The van der Waals surface area contributed by atoms with Crippen molar-refractivity contribution in [2.75, 3.05) is 0 Å². The maximum atomic E-state index is 12.9. The Bertz CT molecular complexity index is 889. The van der Waals surface area contributed by atoms with Crippen molar-refractivity contribution in [3.63, 3.8) is 0 Å². The predicted molar refractivity (Wildman–Crippen MR) is 131 cm³/mol. The summed E-state index contributed by atoms with van der Waals surface area (Å²) < 4.78 is 0. The summed E-state index contributed by atoms with van der Waals surface area (Å²) in [6, 6.07) is 0. The average Bonchev–Trinajstić information content (AvgIpc) is 3.08. The van der Waals surface area contributed by atoms with Crippen LogP contribution in [0.5, 0.6) is 0 Å². The molecule has 10 atom stereocenters. The highest BCUT2D eigenvalue weighted by Crippen LogP contribution is 2.77. The molecule has 5 aliphatic rings. The van der Waals surface area contributed by atoms with Crippen molar-refractivity contribution in [1.82, 2.24) is 0 Å². The summed E-state index contributed by atoms with van der Waals surface area (Å²) in [5, 5.41) is 11.7. The average molecular weight is 455 g/mol. The molecular formula is C30H46O3. The normalized spacial score (nSPS) is 55.1. The number of aliphatic hydroxyl groups is 1. The number of Topliss-reactive ketones (excluding diaryl/α,β-unsaturated/α-hetero) is 1. The minimum Gasteiger partial charge on any atom is -0.393 e. The fourth-order valence-corrected chi connectivity index (χ4v) is 11.4. The largest absolute Gasteiger partial charge is 0.393 e. The van der Waals surface area contributed by atoms with E-state index in [4.69, 9.17) is 0 Å². The Balaban J connectivity index is 1.58. The van der Waals surface area contributed by atoms with E-state index in [2.05, 4.69) is 48.1 Å². The number of ketones is 1. The SMILES string of the molecule is C=C(C=O)[C@@H]1CC[C@]2(C)CC[C@]3(C)[C@H](CC[C@@H]4[C@@]5(C)CCC(=O)C(C)(C)[C@@H]5[C@H](O)C[C@]43C)[C@@H]12. The number of hydrogen-bond acceptors (Lipinski definition) is 3. The van der Waals surface area contributed by atoms with E-state index < -0.39 is 11.5 Å². The van der Waals surface area contributed by atoms with Gasteiger partial charge < -0.3 is 5.11 Å². The molecule has 5 aliphatic carbocycles. The highest BCUT2D eigenvalue weighted by Gasteiger charge is 2.72. The summed E-state index contributed by atoms with van der Waals surface area (Å²) in [5.74, 6) is 2.34. The molecule has 184 valence electrons. The molecule has 0 amide bonds. The van der Waals surface area contributed by atoms with Gasteiger partial charge in [0.15, 0.2) is 0 Å². The van der Waals surface area contributed by atoms with E-state index in [1.165, 1.54) is 32.1 Å². The van der Waals surface area contributed by atoms with E-state index in [-0.39, 0.29) is 22.2 Å². The van der Waals surface area contributed by atoms with Crippen LogP contribution in [0.25, 0.3) is 0 Å². The standard InChI is InChI=1S/C30H46O3/c1-18(17-31)19-10-12-27(4)14-15-29(6)20(24(19)27)8-9-22-28(5)13-11-23(33)26(2,3)25(28)21(32)16-30(22,29)7/h17,19-22,24-25,32H,1,8-16H2,2-7H3/t19-,20+,21+,22+,24+,25-,27+,28+,29+,30+/m0/s1. The molecule has 3 heteroatoms. The molecule has 0 aromatic rings. The van der Waals surface area contributed by atoms with Gasteiger partial charge in [-0.25, -0.2) is 0 Å². The van der Waals surface area contributed by atoms with Crippen molar-refractivity contribution in [3.8, 4) is 0 Å². The van der Waals surface area contributed by atoms with Crippen LogP contribution in [0.4, 0.5) is 0 Å². The molecule has 0 spiro atoms. The summed E-state index contributed by atoms with van der Waals surface area (Å²) in [4.78, 5) is 24.7. The van der Waals surface area contributed by atoms with E-state index in [9.17, 15) is 14.7 Å². The van der Waals surface area contributed by atoms with Gasteiger partial charge in [0, 0.05) is 17.8 Å². The summed E-state index contributed by atoms with van der Waals surface area (Å²) >= 11 is 0. The van der Waals surface area contributed by atoms with Gasteiger partial charge in [0.05, 0.1) is 6.10 Å². The predicted octanol–water partition coefficient (Wildman–Crippen LogP) is 6.38. The van der Waals surface area contributed by atoms with Gasteiger partial charge in [-0.3, -0.25) is 9.59 Å². The van der Waals surface area contributed by atoms with Crippen molar-refractivity contribution in [3.05, 3.63) is 12.2 Å². The molecule has 1 N–H and O–H groups in total. The van der Waals surface area contributed by atoms with Gasteiger partial charge in [0.1, 0.15) is 12.1 Å². The quantitative estimate of drug-likeness (QED) is 0.389. The zero-order chi connectivity index (χ0) is 24.2. The van der Waals surface area contributed by atoms with Crippen LogP contribution in [0.1, 0.15) is 99.3 Å². The van der Waals surface area contributed by atoms with Gasteiger partial charge in [-0.15, -0.1) is 0 Å². The highest BCUT2D eigenvalue weighted by molar-refractivity contribution is 5.85. The molecule has 5 fully saturated rings. The molecule has 0 aromatic heterocycles. The van der Waals surface area contributed by atoms with Crippen LogP contribution in [-0.2, 0) is 9.59 Å². The summed E-state index contributed by atoms with van der Waals surface area (Å²) in [5.41, 5.74) is 0.863. The molecule has 5 rings (SSSR count). The Morgan fingerprint density at radius 2 is 1.67 bits per heavy atom. The zero-order valence-corrected chi connectivity index (χ0v) is 21.9. The first-order valence-electron chi connectivity index (χ1n) is 13.6. The molecule has 0 aliphatic heterocycles. The van der Waals surface area contributed by atoms with E-state index in [1.807, 2.05) is 0 Å². The second-order valence-corrected chi connectivity index (χ2v) is 14.5. The minimum absolute atomic E-state index is 0.0000277. The van der Waals surface area contributed by atoms with Crippen LogP contribution < -0.4 is 0 Å². The van der Waals surface area contributed by atoms with Crippen LogP contribution in [0.15, 0.2) is 12.2 Å². The first kappa shape index (κ1) is 23.8. The molecule has 0 saturated heterocycles. The number of rotatable bonds is 2. The lowest BCUT2D eigenvalue weighted by molar-refractivity contribution is -0.258. The van der Waals surface area contributed by atoms with Crippen LogP contribution in [-0.4, -0.2) is 23.3 Å². The lowest BCUT2D eigenvalue weighted by Crippen LogP contribution is -2.69. The third kappa shape index (κ3) is 2.78. The van der Waals surface area contributed by atoms with Crippen LogP contribution in [0, 0.1) is 56.7 Å². The van der Waals surface area contributed by atoms with Gasteiger partial charge in [-0.05, 0) is 102 Å². The first-order chi connectivity index (χ1) is 15.3. The Kier molecular flexibility index (Phi) is 5.08. The van der Waals surface area contributed by atoms with E-state index in [0.29, 0.717) is 41.3 Å². The van der Waals surface area contributed by atoms with Crippen molar-refractivity contribution in [2.24, 2.45) is 56.7 Å². The van der Waals surface area contributed by atoms with Gasteiger partial charge >= 0.3 is 0 Å². The number of allylic oxidation sites excluding steroid dienone is 1. The molecule has 0 aromatic carbocycles. The monoisotopic (exact) mass is 454 g/mol. The maximum absolute atomic E-state index is 12.9. The van der Waals surface area contributed by atoms with Crippen LogP contribution in [0.2, 0.25) is 0 Å². The molecule has 0 heterocycles. The third-order valence-electron chi connectivity index (χ3n) is 13.1. The topological polar surface area (TPSA) is 54.4 Å². The number of aldehydes is 1. The number of fused-ring (bicyclic) bond motifs is 7. The number of carbonyl (C=O) groups is 2. The highest BCUT2D eigenvalue weighted by atomic mass is 16.3. The van der Waals surface area contributed by atoms with Crippen LogP contribution >= 0.6 is 0 Å². The molecule has 3 nitrogen and oxygen atoms in total. The zero-order valence-electron chi connectivity index (χ0n) is 21.9. The molecule has 33 heavy (non-hydrogen) atoms. The first-order valence-corrected chi connectivity index (χ1v) is 13.6. The minimum atomic E-state index is -0.450. The lowest BCUT2D eigenvalue weighted by atomic mass is 9.32. The van der Waals surface area contributed by atoms with E-state index in [0.717, 1.165) is 31.1 Å². The molecule has 0 unspecified atom stereocenters. The Labute approximate surface area is 201 Å². The van der Waals surface area contributed by atoms with E-state index in [1.54, 1.807) is 0 Å². The van der Waals surface area contributed by atoms with Gasteiger partial charge in [0.2, 0.25) is 0 Å². The lowest BCUT2D eigenvalue weighted by Gasteiger charge is -2.73. The second kappa shape index (κ2) is 7.05. The van der Waals surface area contributed by atoms with Crippen molar-refractivity contribution < 1.29 is 14.7 Å². The van der Waals surface area contributed by atoms with Gasteiger partial charge in [-0.2, -0.15) is 0 Å². The molecule has 0 radical (unpaired) electrons. The summed E-state index contributed by atoms with van der Waals surface area (Å²) in [6.07, 6.45) is 10.1.